The van der Waals surface area contributed by atoms with E-state index in [1.807, 2.05) is 19.9 Å². The van der Waals surface area contributed by atoms with E-state index in [0.717, 1.165) is 42.4 Å². The second-order valence-corrected chi connectivity index (χ2v) is 11.8. The number of rotatable bonds is 10. The first-order valence-corrected chi connectivity index (χ1v) is 15.0. The summed E-state index contributed by atoms with van der Waals surface area (Å²) in [6.07, 6.45) is 4.36. The Morgan fingerprint density at radius 3 is 2.55 bits per heavy atom. The normalized spacial score (nSPS) is 16.8. The summed E-state index contributed by atoms with van der Waals surface area (Å²) in [7, 11) is -3.53. The minimum Gasteiger partial charge on any atom is -0.376 e. The van der Waals surface area contributed by atoms with Crippen LogP contribution in [-0.2, 0) is 27.1 Å². The molecule has 0 amide bonds. The predicted molar refractivity (Wildman–Crippen MR) is 137 cm³/mol. The van der Waals surface area contributed by atoms with Crippen molar-refractivity contribution in [2.24, 2.45) is 0 Å². The van der Waals surface area contributed by atoms with Gasteiger partial charge in [-0.15, -0.1) is 11.8 Å². The molecule has 0 saturated carbocycles. The highest BCUT2D eigenvalue weighted by atomic mass is 32.2. The molecule has 2 aromatic carbocycles. The van der Waals surface area contributed by atoms with E-state index < -0.39 is 10.0 Å². The van der Waals surface area contributed by atoms with E-state index in [1.165, 1.54) is 14.8 Å². The second kappa shape index (κ2) is 10.8. The molecule has 0 N–H and O–H groups in total. The molecule has 1 aromatic heterocycles. The Balaban J connectivity index is 1.67. The lowest BCUT2D eigenvalue weighted by Gasteiger charge is -2.18. The van der Waals surface area contributed by atoms with Gasteiger partial charge in [-0.25, -0.2) is 13.4 Å². The van der Waals surface area contributed by atoms with Crippen LogP contribution in [0, 0.1) is 0 Å². The molecule has 1 atom stereocenters. The van der Waals surface area contributed by atoms with E-state index in [4.69, 9.17) is 9.72 Å². The minimum atomic E-state index is -3.53. The maximum absolute atomic E-state index is 13.0. The summed E-state index contributed by atoms with van der Waals surface area (Å²) in [6.45, 7) is 6.13. The van der Waals surface area contributed by atoms with E-state index in [0.29, 0.717) is 23.5 Å². The van der Waals surface area contributed by atoms with Crippen LogP contribution in [0.4, 0.5) is 0 Å². The second-order valence-electron chi connectivity index (χ2n) is 8.02. The summed E-state index contributed by atoms with van der Waals surface area (Å²) in [5, 5.41) is 0.895. The zero-order chi connectivity index (χ0) is 23.4. The summed E-state index contributed by atoms with van der Waals surface area (Å²) in [5.41, 5.74) is 2.89. The number of sulfonamides is 1. The molecule has 1 saturated heterocycles. The van der Waals surface area contributed by atoms with Crippen LogP contribution in [0.15, 0.2) is 57.4 Å². The standard InChI is InChI=1S/C24H31N3O3S3/c1-4-26(5-2)33(28,29)21-12-13-23-22(15-21)25-24(27(23)16-19-7-6-14-30-19)32-17-18-8-10-20(31-3)11-9-18/h8-13,15,19H,4-7,14,16-17H2,1-3H3/t19-/m0/s1. The van der Waals surface area contributed by atoms with E-state index in [2.05, 4.69) is 35.1 Å². The number of benzene rings is 2. The molecule has 3 aromatic rings. The Hall–Kier alpha value is -1.52. The van der Waals surface area contributed by atoms with Crippen molar-refractivity contribution >= 4 is 44.6 Å². The Kier molecular flexibility index (Phi) is 8.07. The Morgan fingerprint density at radius 2 is 1.91 bits per heavy atom. The molecule has 33 heavy (non-hydrogen) atoms. The summed E-state index contributed by atoms with van der Waals surface area (Å²) in [5.74, 6) is 0.800. The molecule has 6 nitrogen and oxygen atoms in total. The Morgan fingerprint density at radius 1 is 1.15 bits per heavy atom. The van der Waals surface area contributed by atoms with Crippen molar-refractivity contribution in [3.63, 3.8) is 0 Å². The van der Waals surface area contributed by atoms with Gasteiger partial charge in [-0.05, 0) is 55.0 Å². The van der Waals surface area contributed by atoms with Crippen LogP contribution in [0.2, 0.25) is 0 Å². The number of imidazole rings is 1. The highest BCUT2D eigenvalue weighted by Crippen LogP contribution is 2.31. The number of thioether (sulfide) groups is 2. The maximum atomic E-state index is 13.0. The SMILES string of the molecule is CCN(CC)S(=O)(=O)c1ccc2c(c1)nc(SCc1ccc(SC)cc1)n2C[C@@H]1CCCO1. The van der Waals surface area contributed by atoms with E-state index >= 15 is 0 Å². The molecule has 178 valence electrons. The summed E-state index contributed by atoms with van der Waals surface area (Å²) < 4.78 is 35.6. The molecule has 1 aliphatic rings. The third-order valence-electron chi connectivity index (χ3n) is 5.97. The first-order chi connectivity index (χ1) is 16.0. The zero-order valence-electron chi connectivity index (χ0n) is 19.4. The van der Waals surface area contributed by atoms with Crippen LogP contribution in [0.25, 0.3) is 11.0 Å². The summed E-state index contributed by atoms with van der Waals surface area (Å²) in [4.78, 5) is 6.41. The number of ether oxygens (including phenoxy) is 1. The Bertz CT molecular complexity index is 1180. The van der Waals surface area contributed by atoms with Crippen molar-refractivity contribution < 1.29 is 13.2 Å². The fourth-order valence-corrected chi connectivity index (χ4v) is 6.98. The van der Waals surface area contributed by atoms with E-state index in [-0.39, 0.29) is 6.10 Å². The number of hydrogen-bond acceptors (Lipinski definition) is 6. The van der Waals surface area contributed by atoms with Crippen molar-refractivity contribution in [3.05, 3.63) is 48.0 Å². The average molecular weight is 506 g/mol. The molecular weight excluding hydrogens is 474 g/mol. The van der Waals surface area contributed by atoms with Crippen LogP contribution in [-0.4, -0.2) is 54.3 Å². The maximum Gasteiger partial charge on any atom is 0.243 e. The number of hydrogen-bond donors (Lipinski definition) is 0. The lowest BCUT2D eigenvalue weighted by molar-refractivity contribution is 0.0960. The zero-order valence-corrected chi connectivity index (χ0v) is 21.8. The highest BCUT2D eigenvalue weighted by Gasteiger charge is 2.24. The van der Waals surface area contributed by atoms with Crippen LogP contribution in [0.1, 0.15) is 32.3 Å². The largest absolute Gasteiger partial charge is 0.376 e. The highest BCUT2D eigenvalue weighted by molar-refractivity contribution is 7.98. The molecule has 0 aliphatic carbocycles. The van der Waals surface area contributed by atoms with Gasteiger partial charge >= 0.3 is 0 Å². The van der Waals surface area contributed by atoms with Gasteiger partial charge in [-0.3, -0.25) is 0 Å². The van der Waals surface area contributed by atoms with Crippen molar-refractivity contribution in [1.29, 1.82) is 0 Å². The van der Waals surface area contributed by atoms with Gasteiger partial charge in [-0.2, -0.15) is 4.31 Å². The van der Waals surface area contributed by atoms with Crippen LogP contribution in [0.5, 0.6) is 0 Å². The smallest absolute Gasteiger partial charge is 0.243 e. The lowest BCUT2D eigenvalue weighted by Crippen LogP contribution is -2.30. The molecule has 4 rings (SSSR count). The molecule has 9 heteroatoms. The predicted octanol–water partition coefficient (Wildman–Crippen LogP) is 5.26. The monoisotopic (exact) mass is 505 g/mol. The van der Waals surface area contributed by atoms with Crippen molar-refractivity contribution in [1.82, 2.24) is 13.9 Å². The molecule has 1 aliphatic heterocycles. The average Bonchev–Trinajstić information content (AvgIpc) is 3.46. The molecule has 2 heterocycles. The van der Waals surface area contributed by atoms with E-state index in [9.17, 15) is 8.42 Å². The quantitative estimate of drug-likeness (QED) is 0.350. The lowest BCUT2D eigenvalue weighted by atomic mass is 10.2. The van der Waals surface area contributed by atoms with Gasteiger partial charge in [0.05, 0.1) is 28.6 Å². The number of fused-ring (bicyclic) bond motifs is 1. The van der Waals surface area contributed by atoms with Crippen molar-refractivity contribution in [2.75, 3.05) is 26.0 Å². The van der Waals surface area contributed by atoms with Crippen molar-refractivity contribution in [2.45, 2.75) is 60.0 Å². The van der Waals surface area contributed by atoms with Crippen LogP contribution < -0.4 is 0 Å². The van der Waals surface area contributed by atoms with Gasteiger partial charge in [0.2, 0.25) is 10.0 Å². The number of nitrogens with zero attached hydrogens (tertiary/aromatic N) is 3. The molecule has 0 spiro atoms. The Labute approximate surface area is 205 Å². The third kappa shape index (κ3) is 5.43. The van der Waals surface area contributed by atoms with Crippen LogP contribution in [0.3, 0.4) is 0 Å². The van der Waals surface area contributed by atoms with Gasteiger partial charge in [0.25, 0.3) is 0 Å². The molecular formula is C24H31N3O3S3. The van der Waals surface area contributed by atoms with Gasteiger partial charge in [0.15, 0.2) is 5.16 Å². The summed E-state index contributed by atoms with van der Waals surface area (Å²) >= 11 is 3.41. The topological polar surface area (TPSA) is 64.4 Å². The molecule has 0 radical (unpaired) electrons. The van der Waals surface area contributed by atoms with Crippen molar-refractivity contribution in [3.8, 4) is 0 Å². The third-order valence-corrected chi connectivity index (χ3v) is 9.80. The molecule has 0 bridgehead atoms. The van der Waals surface area contributed by atoms with Crippen LogP contribution >= 0.6 is 23.5 Å². The number of aromatic nitrogens is 2. The fourth-order valence-electron chi connectivity index (χ4n) is 4.11. The molecule has 1 fully saturated rings. The van der Waals surface area contributed by atoms with Gasteiger partial charge < -0.3 is 9.30 Å². The molecule has 0 unspecified atom stereocenters. The summed E-state index contributed by atoms with van der Waals surface area (Å²) in [6, 6.07) is 13.9. The van der Waals surface area contributed by atoms with E-state index in [1.54, 1.807) is 35.7 Å². The first-order valence-electron chi connectivity index (χ1n) is 11.3. The van der Waals surface area contributed by atoms with Gasteiger partial charge in [-0.1, -0.05) is 37.7 Å². The minimum absolute atomic E-state index is 0.168. The van der Waals surface area contributed by atoms with Gasteiger partial charge in [0, 0.05) is 30.3 Å². The van der Waals surface area contributed by atoms with Gasteiger partial charge in [0.1, 0.15) is 0 Å². The first kappa shape index (κ1) is 24.6. The fraction of sp³-hybridized carbons (Fsp3) is 0.458.